The zero-order valence-corrected chi connectivity index (χ0v) is 29.3. The van der Waals surface area contributed by atoms with Crippen LogP contribution in [-0.2, 0) is 16.2 Å². The van der Waals surface area contributed by atoms with Crippen molar-refractivity contribution in [2.24, 2.45) is 0 Å². The number of rotatable bonds is 8. The fraction of sp³-hybridized carbons (Fsp3) is 0.186. The maximum Gasteiger partial charge on any atom is 0.335 e. The summed E-state index contributed by atoms with van der Waals surface area (Å²) in [6, 6.07) is 36.7. The Morgan fingerprint density at radius 2 is 1.37 bits per heavy atom. The van der Waals surface area contributed by atoms with E-state index in [1.807, 2.05) is 78.9 Å². The zero-order chi connectivity index (χ0) is 35.8. The topological polar surface area (TPSA) is 88.2 Å². The number of nitrogens with one attached hydrogen (secondary N) is 1. The minimum Gasteiger partial charge on any atom is -0.493 e. The van der Waals surface area contributed by atoms with E-state index in [-0.39, 0.29) is 29.0 Å². The Hall–Kier alpha value is -5.86. The molecule has 1 N–H and O–H groups in total. The van der Waals surface area contributed by atoms with E-state index in [0.717, 1.165) is 53.2 Å². The molecule has 0 unspecified atom stereocenters. The van der Waals surface area contributed by atoms with Crippen molar-refractivity contribution in [3.05, 3.63) is 159 Å². The van der Waals surface area contributed by atoms with E-state index in [9.17, 15) is 14.4 Å². The summed E-state index contributed by atoms with van der Waals surface area (Å²) in [5.41, 5.74) is 7.25. The van der Waals surface area contributed by atoms with Crippen LogP contribution in [0.3, 0.4) is 0 Å². The number of nitrogens with zero attached hydrogens (tertiary/aromatic N) is 2. The van der Waals surface area contributed by atoms with Gasteiger partial charge in [-0.1, -0.05) is 103 Å². The van der Waals surface area contributed by atoms with Crippen molar-refractivity contribution in [1.82, 2.24) is 5.32 Å². The predicted octanol–water partition coefficient (Wildman–Crippen LogP) is 8.47. The molecule has 1 fully saturated rings. The fourth-order valence-corrected chi connectivity index (χ4v) is 7.99. The molecule has 5 aromatic carbocycles. The summed E-state index contributed by atoms with van der Waals surface area (Å²) in [5, 5.41) is 2.65. The van der Waals surface area contributed by atoms with Gasteiger partial charge in [0.25, 0.3) is 11.8 Å². The molecule has 3 heterocycles. The molecule has 2 atom stereocenters. The number of halogens is 1. The lowest BCUT2D eigenvalue weighted by Gasteiger charge is -2.44. The summed E-state index contributed by atoms with van der Waals surface area (Å²) >= 11 is 6.68. The minimum absolute atomic E-state index is 0.0671. The number of amides is 4. The zero-order valence-electron chi connectivity index (χ0n) is 28.6. The molecule has 0 saturated carbocycles. The van der Waals surface area contributed by atoms with Gasteiger partial charge in [-0.2, -0.15) is 0 Å². The Labute approximate surface area is 307 Å². The van der Waals surface area contributed by atoms with Gasteiger partial charge in [0.15, 0.2) is 11.5 Å². The molecule has 0 aromatic heterocycles. The highest BCUT2D eigenvalue weighted by molar-refractivity contribution is 6.39. The van der Waals surface area contributed by atoms with E-state index in [0.29, 0.717) is 22.7 Å². The maximum absolute atomic E-state index is 14.3. The summed E-state index contributed by atoms with van der Waals surface area (Å²) in [5.74, 6) is -0.708. The molecule has 260 valence electrons. The molecule has 3 aliphatic rings. The first kappa shape index (κ1) is 33.3. The number of methoxy groups -OCH3 is 1. The van der Waals surface area contributed by atoms with Crippen LogP contribution in [0.1, 0.15) is 58.1 Å². The Morgan fingerprint density at radius 3 is 1.94 bits per heavy atom. The Balaban J connectivity index is 1.19. The molecular weight excluding hydrogens is 674 g/mol. The lowest BCUT2D eigenvalue weighted by Crippen LogP contribution is -2.54. The van der Waals surface area contributed by atoms with Gasteiger partial charge in [0.05, 0.1) is 17.8 Å². The summed E-state index contributed by atoms with van der Waals surface area (Å²) < 4.78 is 11.6. The molecule has 0 spiro atoms. The van der Waals surface area contributed by atoms with Gasteiger partial charge in [-0.15, -0.1) is 0 Å². The number of hydrogen-bond donors (Lipinski definition) is 1. The second-order valence-corrected chi connectivity index (χ2v) is 13.6. The van der Waals surface area contributed by atoms with Crippen molar-refractivity contribution < 1.29 is 23.9 Å². The predicted molar refractivity (Wildman–Crippen MR) is 202 cm³/mol. The maximum atomic E-state index is 14.3. The second kappa shape index (κ2) is 14.0. The molecule has 3 aliphatic heterocycles. The number of anilines is 2. The number of hydrogen-bond acceptors (Lipinski definition) is 6. The molecule has 1 saturated heterocycles. The summed E-state index contributed by atoms with van der Waals surface area (Å²) in [7, 11) is 1.49. The van der Waals surface area contributed by atoms with Crippen LogP contribution in [0.4, 0.5) is 16.2 Å². The molecule has 8 rings (SSSR count). The number of ether oxygens (including phenoxy) is 2. The lowest BCUT2D eigenvalue weighted by atomic mass is 9.76. The van der Waals surface area contributed by atoms with E-state index in [2.05, 4.69) is 34.5 Å². The third kappa shape index (κ3) is 6.20. The van der Waals surface area contributed by atoms with E-state index in [1.165, 1.54) is 24.3 Å². The molecule has 0 bridgehead atoms. The molecule has 52 heavy (non-hydrogen) atoms. The van der Waals surface area contributed by atoms with Crippen molar-refractivity contribution in [3.8, 4) is 11.5 Å². The summed E-state index contributed by atoms with van der Waals surface area (Å²) in [6.07, 6.45) is 3.22. The average molecular weight is 710 g/mol. The van der Waals surface area contributed by atoms with Gasteiger partial charge in [-0.3, -0.25) is 14.9 Å². The van der Waals surface area contributed by atoms with Crippen LogP contribution in [0.15, 0.2) is 121 Å². The lowest BCUT2D eigenvalue weighted by molar-refractivity contribution is -0.122. The standard InChI is InChI=1S/C43H36ClN3O5/c1-51-38-23-28(22-37(44)40(38)52-26-27-11-5-2-6-12-27)21-36-41(48)45-43(50)47(42(36)49)31-24-34-32(29-13-7-3-8-14-29)17-19-46-20-18-33(35(25-31)39(34)46)30-15-9-4-10-16-30/h2-16,21-25,32-33H,17-20,26H2,1H3,(H,45,48,50)/b36-21+/t32-,33+. The number of imide groups is 2. The Kier molecular flexibility index (Phi) is 8.99. The first-order chi connectivity index (χ1) is 25.4. The van der Waals surface area contributed by atoms with Crippen LogP contribution < -0.4 is 24.6 Å². The van der Waals surface area contributed by atoms with Crippen LogP contribution in [0.5, 0.6) is 11.5 Å². The monoisotopic (exact) mass is 709 g/mol. The number of urea groups is 1. The molecule has 4 amide bonds. The second-order valence-electron chi connectivity index (χ2n) is 13.2. The minimum atomic E-state index is -0.796. The van der Waals surface area contributed by atoms with Crippen molar-refractivity contribution in [1.29, 1.82) is 0 Å². The highest BCUT2D eigenvalue weighted by atomic mass is 35.5. The summed E-state index contributed by atoms with van der Waals surface area (Å²) in [4.78, 5) is 44.8. The van der Waals surface area contributed by atoms with Gasteiger partial charge < -0.3 is 14.4 Å². The molecule has 0 aliphatic carbocycles. The van der Waals surface area contributed by atoms with Gasteiger partial charge >= 0.3 is 6.03 Å². The SMILES string of the molecule is COc1cc(/C=C2\C(=O)NC(=O)N(c3cc4c5c(c3)[C@H](c3ccccc3)CCN5CC[C@@H]4c3ccccc3)C2=O)cc(Cl)c1OCc1ccccc1. The van der Waals surface area contributed by atoms with Crippen LogP contribution >= 0.6 is 11.6 Å². The van der Waals surface area contributed by atoms with E-state index < -0.39 is 17.8 Å². The van der Waals surface area contributed by atoms with Gasteiger partial charge in [-0.05, 0) is 76.6 Å². The number of barbiturate groups is 1. The Bertz CT molecular complexity index is 2130. The van der Waals surface area contributed by atoms with Gasteiger partial charge in [0.2, 0.25) is 0 Å². The average Bonchev–Trinajstić information content (AvgIpc) is 3.17. The molecular formula is C43H36ClN3O5. The first-order valence-electron chi connectivity index (χ1n) is 17.4. The van der Waals surface area contributed by atoms with Crippen LogP contribution in [0.25, 0.3) is 6.08 Å². The molecule has 0 radical (unpaired) electrons. The van der Waals surface area contributed by atoms with Crippen LogP contribution in [-0.4, -0.2) is 38.0 Å². The van der Waals surface area contributed by atoms with Gasteiger partial charge in [-0.25, -0.2) is 9.69 Å². The fourth-order valence-electron chi connectivity index (χ4n) is 7.72. The van der Waals surface area contributed by atoms with Crippen molar-refractivity contribution in [2.75, 3.05) is 30.0 Å². The van der Waals surface area contributed by atoms with Crippen molar-refractivity contribution in [3.63, 3.8) is 0 Å². The highest BCUT2D eigenvalue weighted by Crippen LogP contribution is 2.50. The van der Waals surface area contributed by atoms with E-state index >= 15 is 0 Å². The van der Waals surface area contributed by atoms with Gasteiger partial charge in [0.1, 0.15) is 12.2 Å². The van der Waals surface area contributed by atoms with E-state index in [4.69, 9.17) is 21.1 Å². The number of carbonyl (C=O) groups is 3. The third-order valence-corrected chi connectivity index (χ3v) is 10.4. The third-order valence-electron chi connectivity index (χ3n) is 10.1. The molecule has 8 nitrogen and oxygen atoms in total. The quantitative estimate of drug-likeness (QED) is 0.129. The highest BCUT2D eigenvalue weighted by Gasteiger charge is 2.40. The van der Waals surface area contributed by atoms with Crippen molar-refractivity contribution >= 4 is 46.9 Å². The molecule has 5 aromatic rings. The van der Waals surface area contributed by atoms with Crippen molar-refractivity contribution in [2.45, 2.75) is 31.3 Å². The van der Waals surface area contributed by atoms with Crippen LogP contribution in [0, 0.1) is 0 Å². The largest absolute Gasteiger partial charge is 0.493 e. The Morgan fingerprint density at radius 1 is 0.788 bits per heavy atom. The van der Waals surface area contributed by atoms with Crippen LogP contribution in [0.2, 0.25) is 5.02 Å². The number of benzene rings is 5. The summed E-state index contributed by atoms with van der Waals surface area (Å²) in [6.45, 7) is 2.09. The molecule has 9 heteroatoms. The normalized spacial score (nSPS) is 19.0. The van der Waals surface area contributed by atoms with E-state index in [1.54, 1.807) is 12.1 Å². The number of carbonyl (C=O) groups excluding carboxylic acids is 3. The van der Waals surface area contributed by atoms with Gasteiger partial charge in [0, 0.05) is 30.6 Å². The first-order valence-corrected chi connectivity index (χ1v) is 17.8. The smallest absolute Gasteiger partial charge is 0.335 e.